The fraction of sp³-hybridized carbons (Fsp3) is 0.462. The number of benzene rings is 1. The van der Waals surface area contributed by atoms with Crippen LogP contribution in [0.4, 0.5) is 8.78 Å². The fourth-order valence-electron chi connectivity index (χ4n) is 2.04. The summed E-state index contributed by atoms with van der Waals surface area (Å²) in [5.41, 5.74) is -0.204. The first-order valence-electron chi connectivity index (χ1n) is 6.12. The van der Waals surface area contributed by atoms with Gasteiger partial charge in [-0.15, -0.1) is 0 Å². The average Bonchev–Trinajstić information content (AvgIpc) is 2.43. The van der Waals surface area contributed by atoms with Gasteiger partial charge < -0.3 is 15.0 Å². The minimum Gasteiger partial charge on any atom is -0.497 e. The highest BCUT2D eigenvalue weighted by molar-refractivity contribution is 5.79. The quantitative estimate of drug-likeness (QED) is 0.889. The van der Waals surface area contributed by atoms with Gasteiger partial charge >= 0.3 is 0 Å². The number of piperazine rings is 1. The van der Waals surface area contributed by atoms with E-state index in [2.05, 4.69) is 5.32 Å². The zero-order chi connectivity index (χ0) is 13.8. The molecule has 0 unspecified atom stereocenters. The number of methoxy groups -OCH3 is 1. The highest BCUT2D eigenvalue weighted by Crippen LogP contribution is 2.21. The van der Waals surface area contributed by atoms with Gasteiger partial charge in [0.25, 0.3) is 0 Å². The zero-order valence-corrected chi connectivity index (χ0v) is 10.7. The number of hydrogen-bond acceptors (Lipinski definition) is 3. The smallest absolute Gasteiger partial charge is 0.227 e. The Labute approximate surface area is 110 Å². The van der Waals surface area contributed by atoms with E-state index >= 15 is 0 Å². The lowest BCUT2D eigenvalue weighted by Gasteiger charge is -2.27. The summed E-state index contributed by atoms with van der Waals surface area (Å²) in [5, 5.41) is 3.11. The Morgan fingerprint density at radius 2 is 1.89 bits per heavy atom. The van der Waals surface area contributed by atoms with Crippen LogP contribution in [0.5, 0.6) is 5.75 Å². The van der Waals surface area contributed by atoms with Crippen LogP contribution in [-0.2, 0) is 11.2 Å². The fourth-order valence-corrected chi connectivity index (χ4v) is 2.04. The van der Waals surface area contributed by atoms with Gasteiger partial charge in [-0.05, 0) is 0 Å². The highest BCUT2D eigenvalue weighted by Gasteiger charge is 2.20. The summed E-state index contributed by atoms with van der Waals surface area (Å²) in [6.45, 7) is 2.55. The molecule has 4 nitrogen and oxygen atoms in total. The largest absolute Gasteiger partial charge is 0.497 e. The van der Waals surface area contributed by atoms with Crippen LogP contribution >= 0.6 is 0 Å². The molecule has 1 aromatic rings. The molecule has 0 saturated carbocycles. The Balaban J connectivity index is 2.12. The number of rotatable bonds is 3. The minimum atomic E-state index is -0.750. The number of halogens is 2. The summed E-state index contributed by atoms with van der Waals surface area (Å²) in [4.78, 5) is 13.6. The molecule has 1 amide bonds. The van der Waals surface area contributed by atoms with Crippen molar-refractivity contribution in [1.29, 1.82) is 0 Å². The maximum Gasteiger partial charge on any atom is 0.227 e. The van der Waals surface area contributed by atoms with Crippen LogP contribution in [0.15, 0.2) is 12.1 Å². The molecule has 1 aliphatic heterocycles. The maximum absolute atomic E-state index is 13.7. The van der Waals surface area contributed by atoms with Crippen molar-refractivity contribution in [2.45, 2.75) is 6.42 Å². The normalized spacial score (nSPS) is 15.4. The molecule has 0 aromatic heterocycles. The molecule has 1 fully saturated rings. The van der Waals surface area contributed by atoms with Gasteiger partial charge in [0.2, 0.25) is 5.91 Å². The minimum absolute atomic E-state index is 0.105. The van der Waals surface area contributed by atoms with Crippen molar-refractivity contribution in [2.75, 3.05) is 33.3 Å². The van der Waals surface area contributed by atoms with Crippen molar-refractivity contribution >= 4 is 5.91 Å². The average molecular weight is 270 g/mol. The van der Waals surface area contributed by atoms with E-state index in [-0.39, 0.29) is 23.6 Å². The molecule has 1 saturated heterocycles. The molecule has 0 aliphatic carbocycles. The second-order valence-corrected chi connectivity index (χ2v) is 4.38. The number of nitrogens with zero attached hydrogens (tertiary/aromatic N) is 1. The molecule has 0 atom stereocenters. The van der Waals surface area contributed by atoms with E-state index in [0.29, 0.717) is 26.2 Å². The highest BCUT2D eigenvalue weighted by atomic mass is 19.1. The Morgan fingerprint density at radius 1 is 1.32 bits per heavy atom. The molecule has 2 rings (SSSR count). The molecular weight excluding hydrogens is 254 g/mol. The lowest BCUT2D eigenvalue weighted by atomic mass is 10.1. The zero-order valence-electron chi connectivity index (χ0n) is 10.7. The van der Waals surface area contributed by atoms with Crippen molar-refractivity contribution in [3.05, 3.63) is 29.3 Å². The summed E-state index contributed by atoms with van der Waals surface area (Å²) < 4.78 is 32.2. The van der Waals surface area contributed by atoms with Crippen molar-refractivity contribution in [3.63, 3.8) is 0 Å². The van der Waals surface area contributed by atoms with Crippen LogP contribution in [-0.4, -0.2) is 44.1 Å². The number of hydrogen-bond donors (Lipinski definition) is 1. The standard InChI is InChI=1S/C13H16F2N2O2/c1-19-9-6-11(14)10(12(15)7-9)8-13(18)17-4-2-16-3-5-17/h6-7,16H,2-5,8H2,1H3. The molecule has 1 N–H and O–H groups in total. The predicted octanol–water partition coefficient (Wildman–Crippen LogP) is 0.948. The van der Waals surface area contributed by atoms with E-state index in [1.165, 1.54) is 7.11 Å². The van der Waals surface area contributed by atoms with Gasteiger partial charge in [-0.3, -0.25) is 4.79 Å². The Bertz CT molecular complexity index is 451. The Kier molecular flexibility index (Phi) is 4.31. The van der Waals surface area contributed by atoms with Gasteiger partial charge in [0.1, 0.15) is 17.4 Å². The molecule has 1 aliphatic rings. The molecule has 1 heterocycles. The molecule has 1 aromatic carbocycles. The van der Waals surface area contributed by atoms with Gasteiger partial charge in [0.05, 0.1) is 13.5 Å². The van der Waals surface area contributed by atoms with Crippen molar-refractivity contribution in [1.82, 2.24) is 10.2 Å². The van der Waals surface area contributed by atoms with Crippen LogP contribution in [0.2, 0.25) is 0 Å². The van der Waals surface area contributed by atoms with E-state index in [4.69, 9.17) is 4.74 Å². The van der Waals surface area contributed by atoms with E-state index < -0.39 is 11.6 Å². The summed E-state index contributed by atoms with van der Waals surface area (Å²) in [5.74, 6) is -1.65. The summed E-state index contributed by atoms with van der Waals surface area (Å²) in [7, 11) is 1.33. The third-order valence-corrected chi connectivity index (χ3v) is 3.15. The molecule has 0 radical (unpaired) electrons. The van der Waals surface area contributed by atoms with Crippen molar-refractivity contribution < 1.29 is 18.3 Å². The van der Waals surface area contributed by atoms with Gasteiger partial charge in [-0.1, -0.05) is 0 Å². The summed E-state index contributed by atoms with van der Waals surface area (Å²) >= 11 is 0. The van der Waals surface area contributed by atoms with Crippen LogP contribution in [0.1, 0.15) is 5.56 Å². The van der Waals surface area contributed by atoms with Gasteiger partial charge in [0.15, 0.2) is 0 Å². The van der Waals surface area contributed by atoms with E-state index in [9.17, 15) is 13.6 Å². The molecular formula is C13H16F2N2O2. The topological polar surface area (TPSA) is 41.6 Å². The third kappa shape index (κ3) is 3.20. The summed E-state index contributed by atoms with van der Waals surface area (Å²) in [6.07, 6.45) is -0.262. The molecule has 0 bridgehead atoms. The van der Waals surface area contributed by atoms with Crippen LogP contribution < -0.4 is 10.1 Å². The second kappa shape index (κ2) is 5.97. The van der Waals surface area contributed by atoms with Gasteiger partial charge in [0, 0.05) is 43.9 Å². The maximum atomic E-state index is 13.7. The molecule has 104 valence electrons. The predicted molar refractivity (Wildman–Crippen MR) is 66.1 cm³/mol. The number of carbonyl (C=O) groups is 1. The van der Waals surface area contributed by atoms with E-state index in [1.54, 1.807) is 4.90 Å². The molecule has 19 heavy (non-hydrogen) atoms. The Hall–Kier alpha value is -1.69. The summed E-state index contributed by atoms with van der Waals surface area (Å²) in [6, 6.07) is 2.17. The Morgan fingerprint density at radius 3 is 2.42 bits per heavy atom. The van der Waals surface area contributed by atoms with Crippen LogP contribution in [0.3, 0.4) is 0 Å². The van der Waals surface area contributed by atoms with Crippen molar-refractivity contribution in [2.24, 2.45) is 0 Å². The van der Waals surface area contributed by atoms with Gasteiger partial charge in [-0.25, -0.2) is 8.78 Å². The SMILES string of the molecule is COc1cc(F)c(CC(=O)N2CCNCC2)c(F)c1. The first-order chi connectivity index (χ1) is 9.11. The second-order valence-electron chi connectivity index (χ2n) is 4.38. The van der Waals surface area contributed by atoms with Gasteiger partial charge in [-0.2, -0.15) is 0 Å². The number of nitrogens with one attached hydrogen (secondary N) is 1. The van der Waals surface area contributed by atoms with E-state index in [1.807, 2.05) is 0 Å². The molecule has 6 heteroatoms. The first-order valence-corrected chi connectivity index (χ1v) is 6.12. The lowest BCUT2D eigenvalue weighted by molar-refractivity contribution is -0.131. The number of ether oxygens (including phenoxy) is 1. The van der Waals surface area contributed by atoms with Crippen LogP contribution in [0, 0.1) is 11.6 Å². The number of carbonyl (C=O) groups excluding carboxylic acids is 1. The molecule has 0 spiro atoms. The van der Waals surface area contributed by atoms with Crippen LogP contribution in [0.25, 0.3) is 0 Å². The van der Waals surface area contributed by atoms with Crippen molar-refractivity contribution in [3.8, 4) is 5.75 Å². The first kappa shape index (κ1) is 13.7. The number of amides is 1. The third-order valence-electron chi connectivity index (χ3n) is 3.15. The monoisotopic (exact) mass is 270 g/mol. The van der Waals surface area contributed by atoms with E-state index in [0.717, 1.165) is 12.1 Å². The lowest BCUT2D eigenvalue weighted by Crippen LogP contribution is -2.47.